The van der Waals surface area contributed by atoms with Crippen molar-refractivity contribution in [1.29, 1.82) is 0 Å². The Bertz CT molecular complexity index is 424. The molecule has 19 heavy (non-hydrogen) atoms. The number of nitrogens with zero attached hydrogens (tertiary/aromatic N) is 1. The van der Waals surface area contributed by atoms with Crippen LogP contribution < -0.4 is 5.73 Å². The zero-order valence-electron chi connectivity index (χ0n) is 11.0. The van der Waals surface area contributed by atoms with Crippen LogP contribution in [0.4, 0.5) is 4.39 Å². The smallest absolute Gasteiger partial charge is 0.220 e. The largest absolute Gasteiger partial charge is 0.328 e. The van der Waals surface area contributed by atoms with Crippen LogP contribution in [-0.2, 0) is 11.2 Å². The third-order valence-corrected chi connectivity index (χ3v) is 3.60. The van der Waals surface area contributed by atoms with Gasteiger partial charge in [-0.05, 0) is 42.9 Å². The highest BCUT2D eigenvalue weighted by molar-refractivity contribution is 5.85. The number of piperidine rings is 1. The third kappa shape index (κ3) is 4.18. The molecule has 1 heterocycles. The second-order valence-electron chi connectivity index (χ2n) is 5.00. The van der Waals surface area contributed by atoms with E-state index in [1.807, 2.05) is 12.1 Å². The Labute approximate surface area is 119 Å². The Kier molecular flexibility index (Phi) is 5.76. The van der Waals surface area contributed by atoms with Gasteiger partial charge in [-0.2, -0.15) is 0 Å². The number of halogens is 2. The number of rotatable bonds is 2. The van der Waals surface area contributed by atoms with Crippen molar-refractivity contribution >= 4 is 18.3 Å². The molecule has 0 aliphatic carbocycles. The predicted octanol–water partition coefficient (Wildman–Crippen LogP) is 2.33. The molecule has 0 saturated carbocycles. The highest BCUT2D eigenvalue weighted by Gasteiger charge is 2.27. The average Bonchev–Trinajstić information content (AvgIpc) is 2.32. The highest BCUT2D eigenvalue weighted by Crippen LogP contribution is 2.24. The van der Waals surface area contributed by atoms with Gasteiger partial charge in [0, 0.05) is 13.5 Å². The molecule has 2 atom stereocenters. The maximum Gasteiger partial charge on any atom is 0.220 e. The molecular weight excluding hydrogens is 267 g/mol. The van der Waals surface area contributed by atoms with E-state index in [0.29, 0.717) is 5.92 Å². The van der Waals surface area contributed by atoms with E-state index in [-0.39, 0.29) is 30.3 Å². The topological polar surface area (TPSA) is 46.3 Å². The van der Waals surface area contributed by atoms with Gasteiger partial charge >= 0.3 is 0 Å². The van der Waals surface area contributed by atoms with Crippen molar-refractivity contribution in [2.75, 3.05) is 6.54 Å². The van der Waals surface area contributed by atoms with Gasteiger partial charge in [-0.1, -0.05) is 12.1 Å². The monoisotopic (exact) mass is 286 g/mol. The lowest BCUT2D eigenvalue weighted by molar-refractivity contribution is -0.133. The average molecular weight is 287 g/mol. The fraction of sp³-hybridized carbons (Fsp3) is 0.500. The van der Waals surface area contributed by atoms with Gasteiger partial charge in [-0.15, -0.1) is 12.4 Å². The van der Waals surface area contributed by atoms with Gasteiger partial charge in [-0.25, -0.2) is 4.39 Å². The molecule has 0 spiro atoms. The summed E-state index contributed by atoms with van der Waals surface area (Å²) < 4.78 is 12.8. The van der Waals surface area contributed by atoms with E-state index in [1.165, 1.54) is 12.1 Å². The van der Waals surface area contributed by atoms with Crippen LogP contribution in [-0.4, -0.2) is 23.5 Å². The van der Waals surface area contributed by atoms with Crippen LogP contribution in [0.15, 0.2) is 24.3 Å². The summed E-state index contributed by atoms with van der Waals surface area (Å²) in [5.74, 6) is 0.311. The van der Waals surface area contributed by atoms with Crippen LogP contribution in [0.1, 0.15) is 25.3 Å². The van der Waals surface area contributed by atoms with E-state index >= 15 is 0 Å². The molecule has 0 aromatic heterocycles. The molecule has 1 aliphatic heterocycles. The van der Waals surface area contributed by atoms with Crippen molar-refractivity contribution in [3.63, 3.8) is 0 Å². The van der Waals surface area contributed by atoms with E-state index in [0.717, 1.165) is 31.4 Å². The Hall–Kier alpha value is -1.13. The van der Waals surface area contributed by atoms with Crippen molar-refractivity contribution in [3.05, 3.63) is 35.6 Å². The van der Waals surface area contributed by atoms with Crippen molar-refractivity contribution in [2.45, 2.75) is 32.4 Å². The third-order valence-electron chi connectivity index (χ3n) is 3.60. The number of hydrogen-bond acceptors (Lipinski definition) is 2. The number of nitrogens with two attached hydrogens (primary N) is 1. The summed E-state index contributed by atoms with van der Waals surface area (Å²) in [5.41, 5.74) is 7.12. The van der Waals surface area contributed by atoms with Crippen molar-refractivity contribution < 1.29 is 9.18 Å². The predicted molar refractivity (Wildman–Crippen MR) is 75.4 cm³/mol. The quantitative estimate of drug-likeness (QED) is 0.907. The van der Waals surface area contributed by atoms with Crippen LogP contribution >= 0.6 is 12.4 Å². The molecule has 0 radical (unpaired) electrons. The van der Waals surface area contributed by atoms with Crippen molar-refractivity contribution in [2.24, 2.45) is 11.7 Å². The van der Waals surface area contributed by atoms with E-state index in [1.54, 1.807) is 11.8 Å². The molecule has 1 aliphatic rings. The molecule has 106 valence electrons. The second-order valence-corrected chi connectivity index (χ2v) is 5.00. The summed E-state index contributed by atoms with van der Waals surface area (Å²) in [7, 11) is 0. The van der Waals surface area contributed by atoms with Gasteiger partial charge in [-0.3, -0.25) is 4.79 Å². The summed E-state index contributed by atoms with van der Waals surface area (Å²) in [6, 6.07) is 6.61. The molecule has 1 aromatic rings. The highest BCUT2D eigenvalue weighted by atomic mass is 35.5. The zero-order chi connectivity index (χ0) is 13.1. The van der Waals surface area contributed by atoms with E-state index in [9.17, 15) is 9.18 Å². The molecule has 1 fully saturated rings. The van der Waals surface area contributed by atoms with Crippen molar-refractivity contribution in [3.8, 4) is 0 Å². The number of hydrogen-bond donors (Lipinski definition) is 1. The summed E-state index contributed by atoms with van der Waals surface area (Å²) in [5, 5.41) is 0. The minimum absolute atomic E-state index is 0. The summed E-state index contributed by atoms with van der Waals surface area (Å²) in [6.07, 6.45) is 2.50. The fourth-order valence-electron chi connectivity index (χ4n) is 2.60. The maximum absolute atomic E-state index is 12.8. The molecule has 5 heteroatoms. The number of carbonyl (C=O) groups excluding carboxylic acids is 1. The minimum Gasteiger partial charge on any atom is -0.328 e. The maximum atomic E-state index is 12.8. The first-order chi connectivity index (χ1) is 8.56. The number of amides is 1. The Morgan fingerprint density at radius 3 is 2.58 bits per heavy atom. The molecule has 3 nitrogen and oxygen atoms in total. The lowest BCUT2D eigenvalue weighted by Crippen LogP contribution is -2.50. The fourth-order valence-corrected chi connectivity index (χ4v) is 2.60. The lowest BCUT2D eigenvalue weighted by atomic mass is 9.88. The molecule has 0 bridgehead atoms. The molecule has 2 N–H and O–H groups in total. The molecule has 1 amide bonds. The van der Waals surface area contributed by atoms with E-state index in [4.69, 9.17) is 5.73 Å². The van der Waals surface area contributed by atoms with Gasteiger partial charge < -0.3 is 10.6 Å². The van der Waals surface area contributed by atoms with Gasteiger partial charge in [0.05, 0.1) is 6.17 Å². The summed E-state index contributed by atoms with van der Waals surface area (Å²) in [6.45, 7) is 2.28. The van der Waals surface area contributed by atoms with Gasteiger partial charge in [0.15, 0.2) is 0 Å². The summed E-state index contributed by atoms with van der Waals surface area (Å²) in [4.78, 5) is 13.0. The lowest BCUT2D eigenvalue weighted by Gasteiger charge is -2.36. The summed E-state index contributed by atoms with van der Waals surface area (Å²) >= 11 is 0. The zero-order valence-corrected chi connectivity index (χ0v) is 11.8. The standard InChI is InChI=1S/C14H19FN2O.ClH/c1-10(18)17-7-6-12(9-14(17)16)8-11-2-4-13(15)5-3-11;/h2-5,12,14H,6-9,16H2,1H3;1H. The Balaban J connectivity index is 0.00000180. The van der Waals surface area contributed by atoms with E-state index < -0.39 is 0 Å². The molecule has 1 aromatic carbocycles. The molecular formula is C14H20ClFN2O. The van der Waals surface area contributed by atoms with Gasteiger partial charge in [0.25, 0.3) is 0 Å². The van der Waals surface area contributed by atoms with Gasteiger partial charge in [0.2, 0.25) is 5.91 Å². The number of benzene rings is 1. The number of carbonyl (C=O) groups is 1. The first kappa shape index (κ1) is 15.9. The van der Waals surface area contributed by atoms with Crippen LogP contribution in [0.2, 0.25) is 0 Å². The second kappa shape index (κ2) is 6.87. The molecule has 2 unspecified atom stereocenters. The van der Waals surface area contributed by atoms with E-state index in [2.05, 4.69) is 0 Å². The van der Waals surface area contributed by atoms with Gasteiger partial charge in [0.1, 0.15) is 5.82 Å². The minimum atomic E-state index is -0.207. The number of likely N-dealkylation sites (tertiary alicyclic amines) is 1. The first-order valence-corrected chi connectivity index (χ1v) is 6.33. The Morgan fingerprint density at radius 2 is 2.05 bits per heavy atom. The molecule has 2 rings (SSSR count). The van der Waals surface area contributed by atoms with Crippen LogP contribution in [0.5, 0.6) is 0 Å². The first-order valence-electron chi connectivity index (χ1n) is 6.33. The van der Waals surface area contributed by atoms with Crippen LogP contribution in [0.25, 0.3) is 0 Å². The van der Waals surface area contributed by atoms with Crippen LogP contribution in [0, 0.1) is 11.7 Å². The SMILES string of the molecule is CC(=O)N1CCC(Cc2ccc(F)cc2)CC1N.Cl. The Morgan fingerprint density at radius 1 is 1.42 bits per heavy atom. The molecule has 1 saturated heterocycles. The van der Waals surface area contributed by atoms with Crippen LogP contribution in [0.3, 0.4) is 0 Å². The normalized spacial score (nSPS) is 22.8. The van der Waals surface area contributed by atoms with Crippen molar-refractivity contribution in [1.82, 2.24) is 4.90 Å².